The summed E-state index contributed by atoms with van der Waals surface area (Å²) in [6.45, 7) is 4.01. The first-order chi connectivity index (χ1) is 8.63. The second-order valence-corrected chi connectivity index (χ2v) is 5.34. The van der Waals surface area contributed by atoms with Crippen LogP contribution in [0.4, 0.5) is 5.95 Å². The lowest BCUT2D eigenvalue weighted by atomic mass is 10.2. The molecule has 1 aromatic heterocycles. The molecule has 2 aromatic rings. The summed E-state index contributed by atoms with van der Waals surface area (Å²) in [4.78, 5) is 4.53. The van der Waals surface area contributed by atoms with Crippen LogP contribution in [0, 0.1) is 13.8 Å². The van der Waals surface area contributed by atoms with Crippen molar-refractivity contribution in [3.63, 3.8) is 0 Å². The SMILES string of the molecule is Cc1cn(-c2ccc(C)c(Cl)c2)c(NC2CC2)n1. The van der Waals surface area contributed by atoms with Crippen molar-refractivity contribution in [2.45, 2.75) is 32.7 Å². The highest BCUT2D eigenvalue weighted by atomic mass is 35.5. The Morgan fingerprint density at radius 3 is 2.78 bits per heavy atom. The minimum absolute atomic E-state index is 0.589. The van der Waals surface area contributed by atoms with E-state index in [9.17, 15) is 0 Å². The first-order valence-electron chi connectivity index (χ1n) is 6.22. The van der Waals surface area contributed by atoms with Gasteiger partial charge in [-0.05, 0) is 44.4 Å². The topological polar surface area (TPSA) is 29.9 Å². The molecule has 18 heavy (non-hydrogen) atoms. The van der Waals surface area contributed by atoms with Gasteiger partial charge in [0.2, 0.25) is 5.95 Å². The van der Waals surface area contributed by atoms with Crippen LogP contribution in [0.5, 0.6) is 0 Å². The molecule has 1 N–H and O–H groups in total. The first-order valence-corrected chi connectivity index (χ1v) is 6.60. The summed E-state index contributed by atoms with van der Waals surface area (Å²) in [7, 11) is 0. The molecular weight excluding hydrogens is 246 g/mol. The lowest BCUT2D eigenvalue weighted by molar-refractivity contribution is 1.00. The number of benzene rings is 1. The van der Waals surface area contributed by atoms with Crippen LogP contribution in [0.2, 0.25) is 5.02 Å². The highest BCUT2D eigenvalue weighted by Crippen LogP contribution is 2.27. The molecule has 0 atom stereocenters. The normalized spacial score (nSPS) is 14.8. The van der Waals surface area contributed by atoms with Crippen molar-refractivity contribution in [1.29, 1.82) is 0 Å². The molecule has 94 valence electrons. The maximum Gasteiger partial charge on any atom is 0.207 e. The van der Waals surface area contributed by atoms with Gasteiger partial charge < -0.3 is 5.32 Å². The van der Waals surface area contributed by atoms with Gasteiger partial charge in [0.1, 0.15) is 0 Å². The number of nitrogens with one attached hydrogen (secondary N) is 1. The fourth-order valence-electron chi connectivity index (χ4n) is 1.94. The lowest BCUT2D eigenvalue weighted by Gasteiger charge is -2.10. The third-order valence-electron chi connectivity index (χ3n) is 3.17. The molecule has 1 aliphatic rings. The third kappa shape index (κ3) is 2.23. The molecule has 0 radical (unpaired) electrons. The van der Waals surface area contributed by atoms with Crippen molar-refractivity contribution in [3.8, 4) is 5.69 Å². The second kappa shape index (κ2) is 4.32. The largest absolute Gasteiger partial charge is 0.353 e. The van der Waals surface area contributed by atoms with Gasteiger partial charge >= 0.3 is 0 Å². The Labute approximate surface area is 112 Å². The Hall–Kier alpha value is -1.48. The smallest absolute Gasteiger partial charge is 0.207 e. The van der Waals surface area contributed by atoms with Crippen LogP contribution in [0.3, 0.4) is 0 Å². The quantitative estimate of drug-likeness (QED) is 0.913. The van der Waals surface area contributed by atoms with E-state index < -0.39 is 0 Å². The molecule has 1 aromatic carbocycles. The zero-order valence-corrected chi connectivity index (χ0v) is 11.3. The molecule has 4 heteroatoms. The first kappa shape index (κ1) is 11.6. The Balaban J connectivity index is 2.00. The maximum absolute atomic E-state index is 6.19. The molecule has 0 aliphatic heterocycles. The van der Waals surface area contributed by atoms with E-state index >= 15 is 0 Å². The Bertz CT molecular complexity index is 585. The van der Waals surface area contributed by atoms with Gasteiger partial charge in [-0.25, -0.2) is 4.98 Å². The molecule has 0 spiro atoms. The van der Waals surface area contributed by atoms with Gasteiger partial charge in [0.05, 0.1) is 5.69 Å². The van der Waals surface area contributed by atoms with Gasteiger partial charge in [-0.3, -0.25) is 4.57 Å². The maximum atomic E-state index is 6.19. The van der Waals surface area contributed by atoms with Crippen molar-refractivity contribution in [3.05, 3.63) is 40.7 Å². The molecule has 1 saturated carbocycles. The van der Waals surface area contributed by atoms with Crippen LogP contribution in [0.25, 0.3) is 5.69 Å². The van der Waals surface area contributed by atoms with E-state index in [0.717, 1.165) is 27.9 Å². The van der Waals surface area contributed by atoms with Crippen molar-refractivity contribution in [2.75, 3.05) is 5.32 Å². The highest BCUT2D eigenvalue weighted by molar-refractivity contribution is 6.31. The van der Waals surface area contributed by atoms with E-state index in [1.54, 1.807) is 0 Å². The average Bonchev–Trinajstić information content (AvgIpc) is 3.06. The van der Waals surface area contributed by atoms with E-state index in [2.05, 4.69) is 20.9 Å². The van der Waals surface area contributed by atoms with Crippen LogP contribution in [-0.2, 0) is 0 Å². The van der Waals surface area contributed by atoms with Gasteiger partial charge in [-0.15, -0.1) is 0 Å². The standard InChI is InChI=1S/C14H16ClN3/c1-9-3-6-12(7-13(9)15)18-8-10(2)16-14(18)17-11-4-5-11/h3,6-8,11H,4-5H2,1-2H3,(H,16,17). The molecule has 1 heterocycles. The van der Waals surface area contributed by atoms with Crippen LogP contribution >= 0.6 is 11.6 Å². The van der Waals surface area contributed by atoms with E-state index in [-0.39, 0.29) is 0 Å². The highest BCUT2D eigenvalue weighted by Gasteiger charge is 2.23. The van der Waals surface area contributed by atoms with Crippen molar-refractivity contribution in [2.24, 2.45) is 0 Å². The minimum Gasteiger partial charge on any atom is -0.353 e. The molecule has 0 saturated heterocycles. The van der Waals surface area contributed by atoms with E-state index in [1.165, 1.54) is 12.8 Å². The number of hydrogen-bond acceptors (Lipinski definition) is 2. The summed E-state index contributed by atoms with van der Waals surface area (Å²) >= 11 is 6.19. The van der Waals surface area contributed by atoms with Gasteiger partial charge in [0.25, 0.3) is 0 Å². The Morgan fingerprint density at radius 2 is 2.11 bits per heavy atom. The summed E-state index contributed by atoms with van der Waals surface area (Å²) < 4.78 is 2.07. The lowest BCUT2D eigenvalue weighted by Crippen LogP contribution is -2.07. The monoisotopic (exact) mass is 261 g/mol. The summed E-state index contributed by atoms with van der Waals surface area (Å²) in [5.41, 5.74) is 3.15. The van der Waals surface area contributed by atoms with E-state index in [1.807, 2.05) is 32.2 Å². The van der Waals surface area contributed by atoms with Gasteiger partial charge in [0.15, 0.2) is 0 Å². The number of halogens is 1. The van der Waals surface area contributed by atoms with Crippen LogP contribution in [0.1, 0.15) is 24.1 Å². The van der Waals surface area contributed by atoms with Gasteiger partial charge in [-0.2, -0.15) is 0 Å². The predicted octanol–water partition coefficient (Wildman–Crippen LogP) is 3.72. The van der Waals surface area contributed by atoms with Crippen LogP contribution in [0.15, 0.2) is 24.4 Å². The Morgan fingerprint density at radius 1 is 1.33 bits per heavy atom. The zero-order valence-electron chi connectivity index (χ0n) is 10.6. The second-order valence-electron chi connectivity index (χ2n) is 4.93. The van der Waals surface area contributed by atoms with E-state index in [0.29, 0.717) is 6.04 Å². The fourth-order valence-corrected chi connectivity index (χ4v) is 2.11. The van der Waals surface area contributed by atoms with Crippen molar-refractivity contribution < 1.29 is 0 Å². The zero-order chi connectivity index (χ0) is 12.7. The summed E-state index contributed by atoms with van der Waals surface area (Å²) in [6, 6.07) is 6.68. The molecule has 0 unspecified atom stereocenters. The van der Waals surface area contributed by atoms with Crippen LogP contribution in [-0.4, -0.2) is 15.6 Å². The molecule has 0 amide bonds. The Kier molecular flexibility index (Phi) is 2.78. The van der Waals surface area contributed by atoms with Crippen molar-refractivity contribution >= 4 is 17.5 Å². The molecule has 1 aliphatic carbocycles. The summed E-state index contributed by atoms with van der Waals surface area (Å²) in [5, 5.41) is 4.23. The third-order valence-corrected chi connectivity index (χ3v) is 3.58. The van der Waals surface area contributed by atoms with Gasteiger partial charge in [0, 0.05) is 22.9 Å². The molecule has 3 nitrogen and oxygen atoms in total. The molecule has 0 bridgehead atoms. The summed E-state index contributed by atoms with van der Waals surface area (Å²) in [6.07, 6.45) is 4.51. The predicted molar refractivity (Wildman–Crippen MR) is 74.7 cm³/mol. The van der Waals surface area contributed by atoms with E-state index in [4.69, 9.17) is 11.6 Å². The number of aromatic nitrogens is 2. The number of imidazole rings is 1. The summed E-state index contributed by atoms with van der Waals surface area (Å²) in [5.74, 6) is 0.912. The van der Waals surface area contributed by atoms with Gasteiger partial charge in [-0.1, -0.05) is 17.7 Å². The number of aryl methyl sites for hydroxylation is 2. The van der Waals surface area contributed by atoms with Crippen molar-refractivity contribution in [1.82, 2.24) is 9.55 Å². The number of nitrogens with zero attached hydrogens (tertiary/aromatic N) is 2. The number of rotatable bonds is 3. The molecule has 1 fully saturated rings. The van der Waals surface area contributed by atoms with Crippen LogP contribution < -0.4 is 5.32 Å². The minimum atomic E-state index is 0.589. The molecular formula is C14H16ClN3. The number of anilines is 1. The molecule has 3 rings (SSSR count). The average molecular weight is 262 g/mol. The fraction of sp³-hybridized carbons (Fsp3) is 0.357. The number of hydrogen-bond donors (Lipinski definition) is 1.